The van der Waals surface area contributed by atoms with E-state index < -0.39 is 22.5 Å². The van der Waals surface area contributed by atoms with Gasteiger partial charge in [0.2, 0.25) is 0 Å². The Hall–Kier alpha value is -3.16. The van der Waals surface area contributed by atoms with E-state index in [1.165, 1.54) is 18.2 Å². The minimum Gasteiger partial charge on any atom is -0.480 e. The number of piperazine rings is 1. The maximum atomic E-state index is 13.5. The van der Waals surface area contributed by atoms with E-state index >= 15 is 0 Å². The molecule has 1 fully saturated rings. The molecule has 0 radical (unpaired) electrons. The third-order valence-corrected chi connectivity index (χ3v) is 8.38. The Balaban J connectivity index is 1.43. The number of nitrogens with one attached hydrogen (secondary N) is 2. The quantitative estimate of drug-likeness (QED) is 0.343. The van der Waals surface area contributed by atoms with E-state index in [4.69, 9.17) is 23.2 Å². The van der Waals surface area contributed by atoms with Gasteiger partial charge in [0, 0.05) is 48.5 Å². The Kier molecular flexibility index (Phi) is 7.59. The van der Waals surface area contributed by atoms with E-state index in [9.17, 15) is 18.3 Å². The summed E-state index contributed by atoms with van der Waals surface area (Å²) in [7, 11) is -4.25. The summed E-state index contributed by atoms with van der Waals surface area (Å²) in [5.74, 6) is 0.304. The molecule has 11 nitrogen and oxygen atoms in total. The molecule has 3 aromatic rings. The van der Waals surface area contributed by atoms with E-state index in [-0.39, 0.29) is 20.6 Å². The number of sulfonamides is 1. The van der Waals surface area contributed by atoms with Crippen molar-refractivity contribution < 1.29 is 18.3 Å². The fourth-order valence-electron chi connectivity index (χ4n) is 4.51. The van der Waals surface area contributed by atoms with Crippen molar-refractivity contribution in [3.05, 3.63) is 64.1 Å². The van der Waals surface area contributed by atoms with Gasteiger partial charge in [0.15, 0.2) is 11.6 Å². The molecule has 0 amide bonds. The van der Waals surface area contributed by atoms with Crippen molar-refractivity contribution in [2.24, 2.45) is 0 Å². The molecule has 200 valence electrons. The van der Waals surface area contributed by atoms with Crippen LogP contribution in [0, 0.1) is 0 Å². The molecule has 1 saturated heterocycles. The summed E-state index contributed by atoms with van der Waals surface area (Å²) in [6, 6.07) is 12.9. The van der Waals surface area contributed by atoms with E-state index in [0.29, 0.717) is 18.8 Å². The molecule has 3 heterocycles. The Bertz CT molecular complexity index is 1430. The van der Waals surface area contributed by atoms with Crippen molar-refractivity contribution in [2.45, 2.75) is 11.3 Å². The van der Waals surface area contributed by atoms with Crippen molar-refractivity contribution in [1.29, 1.82) is 0 Å². The maximum Gasteiger partial charge on any atom is 0.319 e. The lowest BCUT2D eigenvalue weighted by Crippen LogP contribution is -2.45. The first-order valence-electron chi connectivity index (χ1n) is 11.9. The topological polar surface area (TPSA) is 131 Å². The number of halogens is 2. The number of fused-ring (bicyclic) bond motifs is 1. The van der Waals surface area contributed by atoms with Gasteiger partial charge < -0.3 is 20.2 Å². The number of carboxylic acids is 1. The Morgan fingerprint density at radius 3 is 2.34 bits per heavy atom. The number of aromatic nitrogens is 2. The predicted octanol–water partition coefficient (Wildman–Crippen LogP) is 2.67. The monoisotopic (exact) mass is 577 g/mol. The molecule has 2 aliphatic rings. The van der Waals surface area contributed by atoms with Gasteiger partial charge in [-0.05, 0) is 60.5 Å². The van der Waals surface area contributed by atoms with Gasteiger partial charge in [-0.25, -0.2) is 5.43 Å². The van der Waals surface area contributed by atoms with Crippen LogP contribution in [0.3, 0.4) is 0 Å². The fraction of sp³-hybridized carbons (Fsp3) is 0.292. The van der Waals surface area contributed by atoms with Crippen LogP contribution in [0.15, 0.2) is 53.4 Å². The lowest BCUT2D eigenvalue weighted by Gasteiger charge is -2.28. The number of rotatable bonds is 8. The number of carbonyl (C=O) groups is 1. The van der Waals surface area contributed by atoms with Crippen LogP contribution in [0.4, 0.5) is 23.0 Å². The summed E-state index contributed by atoms with van der Waals surface area (Å²) in [6.45, 7) is 3.58. The molecule has 0 atom stereocenters. The molecule has 2 aromatic carbocycles. The zero-order valence-corrected chi connectivity index (χ0v) is 22.5. The molecule has 0 aliphatic carbocycles. The summed E-state index contributed by atoms with van der Waals surface area (Å²) >= 11 is 12.1. The molecular formula is C24H25Cl2N7O4S. The standard InChI is InChI=1S/C24H25Cl2N7O4S/c25-17-12-18(26)14-20(13-17)38(36,37)33(28-15-24(34)35)19-1-2-21-16(11-19)5-8-32(21)23-4-3-22(29-30-23)31-9-6-27-7-10-31/h1-4,11-14,27-28H,5-10,15H2,(H,34,35). The Labute approximate surface area is 230 Å². The van der Waals surface area contributed by atoms with Gasteiger partial charge in [0.05, 0.1) is 10.6 Å². The number of anilines is 4. The Morgan fingerprint density at radius 1 is 1.00 bits per heavy atom. The number of carboxylic acid groups (broad SMARTS) is 1. The van der Waals surface area contributed by atoms with Gasteiger partial charge in [-0.3, -0.25) is 4.79 Å². The first kappa shape index (κ1) is 26.4. The number of hydrazine groups is 1. The number of hydrogen-bond acceptors (Lipinski definition) is 9. The van der Waals surface area contributed by atoms with Crippen molar-refractivity contribution in [2.75, 3.05) is 53.5 Å². The normalized spacial score (nSPS) is 15.4. The lowest BCUT2D eigenvalue weighted by atomic mass is 10.1. The van der Waals surface area contributed by atoms with Crippen molar-refractivity contribution in [1.82, 2.24) is 20.9 Å². The van der Waals surface area contributed by atoms with Crippen LogP contribution >= 0.6 is 23.2 Å². The molecule has 14 heteroatoms. The summed E-state index contributed by atoms with van der Waals surface area (Å²) in [5, 5.41) is 21.7. The van der Waals surface area contributed by atoms with E-state index in [1.807, 2.05) is 17.0 Å². The van der Waals surface area contributed by atoms with Crippen LogP contribution in [0.2, 0.25) is 10.0 Å². The van der Waals surface area contributed by atoms with Crippen LogP contribution in [-0.4, -0.2) is 69.0 Å². The molecule has 5 rings (SSSR count). The average molecular weight is 578 g/mol. The molecule has 38 heavy (non-hydrogen) atoms. The third kappa shape index (κ3) is 5.49. The van der Waals surface area contributed by atoms with Crippen LogP contribution < -0.4 is 25.0 Å². The minimum atomic E-state index is -4.25. The molecule has 0 bridgehead atoms. The van der Waals surface area contributed by atoms with Crippen molar-refractivity contribution >= 4 is 62.2 Å². The van der Waals surface area contributed by atoms with Crippen LogP contribution in [0.5, 0.6) is 0 Å². The molecular weight excluding hydrogens is 553 g/mol. The van der Waals surface area contributed by atoms with Gasteiger partial charge in [-0.1, -0.05) is 23.2 Å². The molecule has 3 N–H and O–H groups in total. The van der Waals surface area contributed by atoms with Crippen LogP contribution in [-0.2, 0) is 21.2 Å². The zero-order chi connectivity index (χ0) is 26.9. The molecule has 0 saturated carbocycles. The highest BCUT2D eigenvalue weighted by molar-refractivity contribution is 7.92. The second-order valence-electron chi connectivity index (χ2n) is 8.80. The molecule has 1 aromatic heterocycles. The van der Waals surface area contributed by atoms with Gasteiger partial charge in [0.25, 0.3) is 10.0 Å². The summed E-state index contributed by atoms with van der Waals surface area (Å²) < 4.78 is 27.9. The fourth-order valence-corrected chi connectivity index (χ4v) is 6.56. The second-order valence-corrected chi connectivity index (χ2v) is 11.5. The van der Waals surface area contributed by atoms with Gasteiger partial charge in [-0.2, -0.15) is 12.8 Å². The number of hydrogen-bond donors (Lipinski definition) is 3. The third-order valence-electron chi connectivity index (χ3n) is 6.30. The highest BCUT2D eigenvalue weighted by Gasteiger charge is 2.29. The number of benzene rings is 2. The SMILES string of the molecule is O=C(O)CNN(c1ccc2c(c1)CCN2c1ccc(N2CCNCC2)nn1)S(=O)(=O)c1cc(Cl)cc(Cl)c1. The predicted molar refractivity (Wildman–Crippen MR) is 146 cm³/mol. The summed E-state index contributed by atoms with van der Waals surface area (Å²) in [4.78, 5) is 15.3. The van der Waals surface area contributed by atoms with Crippen molar-refractivity contribution in [3.8, 4) is 0 Å². The molecule has 0 unspecified atom stereocenters. The number of aliphatic carboxylic acids is 1. The first-order chi connectivity index (χ1) is 18.2. The molecule has 2 aliphatic heterocycles. The van der Waals surface area contributed by atoms with Crippen molar-refractivity contribution in [3.63, 3.8) is 0 Å². The average Bonchev–Trinajstić information content (AvgIpc) is 3.32. The van der Waals surface area contributed by atoms with E-state index in [2.05, 4.69) is 25.8 Å². The van der Waals surface area contributed by atoms with E-state index in [1.54, 1.807) is 18.2 Å². The van der Waals surface area contributed by atoms with Crippen LogP contribution in [0.1, 0.15) is 5.56 Å². The minimum absolute atomic E-state index is 0.142. The Morgan fingerprint density at radius 2 is 1.68 bits per heavy atom. The molecule has 0 spiro atoms. The van der Waals surface area contributed by atoms with Crippen LogP contribution in [0.25, 0.3) is 0 Å². The highest BCUT2D eigenvalue weighted by atomic mass is 35.5. The number of nitrogens with zero attached hydrogens (tertiary/aromatic N) is 5. The maximum absolute atomic E-state index is 13.5. The lowest BCUT2D eigenvalue weighted by molar-refractivity contribution is -0.135. The van der Waals surface area contributed by atoms with Gasteiger partial charge in [-0.15, -0.1) is 10.2 Å². The summed E-state index contributed by atoms with van der Waals surface area (Å²) in [5.41, 5.74) is 4.51. The smallest absolute Gasteiger partial charge is 0.319 e. The second kappa shape index (κ2) is 10.9. The first-order valence-corrected chi connectivity index (χ1v) is 14.1. The van der Waals surface area contributed by atoms with E-state index in [0.717, 1.165) is 47.7 Å². The zero-order valence-electron chi connectivity index (χ0n) is 20.1. The highest BCUT2D eigenvalue weighted by Crippen LogP contribution is 2.37. The van der Waals surface area contributed by atoms with Gasteiger partial charge in [0.1, 0.15) is 6.54 Å². The summed E-state index contributed by atoms with van der Waals surface area (Å²) in [6.07, 6.45) is 0.639. The van der Waals surface area contributed by atoms with Gasteiger partial charge >= 0.3 is 5.97 Å². The largest absolute Gasteiger partial charge is 0.480 e.